The van der Waals surface area contributed by atoms with Crippen molar-refractivity contribution in [1.82, 2.24) is 5.32 Å². The van der Waals surface area contributed by atoms with Crippen LogP contribution in [0.5, 0.6) is 11.5 Å². The van der Waals surface area contributed by atoms with Crippen molar-refractivity contribution in [2.24, 2.45) is 0 Å². The molecule has 0 aromatic heterocycles. The predicted molar refractivity (Wildman–Crippen MR) is 59.8 cm³/mol. The van der Waals surface area contributed by atoms with Gasteiger partial charge in [-0.25, -0.2) is 0 Å². The Balaban J connectivity index is 2.23. The number of rotatable bonds is 4. The molecule has 0 fully saturated rings. The maximum atomic E-state index is 5.64. The lowest BCUT2D eigenvalue weighted by atomic mass is 9.97. The molecular formula is C12H17NO2. The van der Waals surface area contributed by atoms with Gasteiger partial charge in [0.15, 0.2) is 0 Å². The van der Waals surface area contributed by atoms with E-state index in [1.54, 1.807) is 7.11 Å². The second kappa shape index (κ2) is 4.53. The minimum atomic E-state index is 0.462. The molecule has 1 aliphatic rings. The van der Waals surface area contributed by atoms with Crippen LogP contribution in [0.15, 0.2) is 18.2 Å². The smallest absolute Gasteiger partial charge is 0.126 e. The normalized spacial score (nSPS) is 18.4. The van der Waals surface area contributed by atoms with Crippen molar-refractivity contribution in [3.63, 3.8) is 0 Å². The highest BCUT2D eigenvalue weighted by Gasteiger charge is 2.26. The van der Waals surface area contributed by atoms with Gasteiger partial charge in [0.25, 0.3) is 0 Å². The third-order valence-corrected chi connectivity index (χ3v) is 2.84. The standard InChI is InChI=1S/C12H17NO2/c1-13-7-6-9-8-15-11-5-3-4-10(14-2)12(9)11/h3-5,9,13H,6-8H2,1-2H3. The van der Waals surface area contributed by atoms with Crippen LogP contribution in [0, 0.1) is 0 Å². The van der Waals surface area contributed by atoms with Gasteiger partial charge in [0.1, 0.15) is 11.5 Å². The molecule has 1 atom stereocenters. The Labute approximate surface area is 90.4 Å². The number of methoxy groups -OCH3 is 1. The first kappa shape index (κ1) is 10.3. The molecule has 0 saturated carbocycles. The Morgan fingerprint density at radius 3 is 3.13 bits per heavy atom. The van der Waals surface area contributed by atoms with Crippen LogP contribution in [0.3, 0.4) is 0 Å². The Hall–Kier alpha value is -1.22. The second-order valence-corrected chi connectivity index (χ2v) is 3.77. The number of benzene rings is 1. The fraction of sp³-hybridized carbons (Fsp3) is 0.500. The van der Waals surface area contributed by atoms with Gasteiger partial charge >= 0.3 is 0 Å². The zero-order chi connectivity index (χ0) is 10.7. The molecule has 0 bridgehead atoms. The molecule has 0 aliphatic carbocycles. The summed E-state index contributed by atoms with van der Waals surface area (Å²) in [6.07, 6.45) is 1.09. The van der Waals surface area contributed by atoms with Crippen molar-refractivity contribution < 1.29 is 9.47 Å². The van der Waals surface area contributed by atoms with Gasteiger partial charge in [-0.3, -0.25) is 0 Å². The van der Waals surface area contributed by atoms with E-state index >= 15 is 0 Å². The van der Waals surface area contributed by atoms with E-state index in [4.69, 9.17) is 9.47 Å². The van der Waals surface area contributed by atoms with Crippen LogP contribution in [0.25, 0.3) is 0 Å². The quantitative estimate of drug-likeness (QED) is 0.816. The summed E-state index contributed by atoms with van der Waals surface area (Å²) in [5, 5.41) is 3.17. The van der Waals surface area contributed by atoms with Crippen molar-refractivity contribution in [2.45, 2.75) is 12.3 Å². The van der Waals surface area contributed by atoms with Crippen LogP contribution < -0.4 is 14.8 Å². The van der Waals surface area contributed by atoms with Crippen LogP contribution in [-0.4, -0.2) is 27.3 Å². The Morgan fingerprint density at radius 2 is 2.40 bits per heavy atom. The zero-order valence-electron chi connectivity index (χ0n) is 9.25. The van der Waals surface area contributed by atoms with Gasteiger partial charge in [-0.15, -0.1) is 0 Å². The fourth-order valence-corrected chi connectivity index (χ4v) is 2.05. The van der Waals surface area contributed by atoms with E-state index in [2.05, 4.69) is 5.32 Å². The van der Waals surface area contributed by atoms with E-state index in [0.29, 0.717) is 5.92 Å². The molecule has 0 amide bonds. The third kappa shape index (κ3) is 1.92. The molecule has 3 heteroatoms. The lowest BCUT2D eigenvalue weighted by Crippen LogP contribution is -2.13. The molecule has 1 aromatic carbocycles. The van der Waals surface area contributed by atoms with Crippen molar-refractivity contribution >= 4 is 0 Å². The van der Waals surface area contributed by atoms with E-state index in [-0.39, 0.29) is 0 Å². The number of nitrogens with one attached hydrogen (secondary N) is 1. The first-order valence-corrected chi connectivity index (χ1v) is 5.31. The SMILES string of the molecule is CNCCC1COc2cccc(OC)c21. The highest BCUT2D eigenvalue weighted by Crippen LogP contribution is 2.41. The van der Waals surface area contributed by atoms with Gasteiger partial charge in [-0.2, -0.15) is 0 Å². The first-order chi connectivity index (χ1) is 7.36. The summed E-state index contributed by atoms with van der Waals surface area (Å²) in [6.45, 7) is 1.78. The van der Waals surface area contributed by atoms with Crippen LogP contribution in [-0.2, 0) is 0 Å². The maximum absolute atomic E-state index is 5.64. The molecule has 3 nitrogen and oxygen atoms in total. The lowest BCUT2D eigenvalue weighted by molar-refractivity contribution is 0.324. The summed E-state index contributed by atoms with van der Waals surface area (Å²) in [7, 11) is 3.68. The molecule has 2 rings (SSSR count). The summed E-state index contributed by atoms with van der Waals surface area (Å²) in [5.74, 6) is 2.39. The Morgan fingerprint density at radius 1 is 1.53 bits per heavy atom. The van der Waals surface area contributed by atoms with E-state index < -0.39 is 0 Å². The summed E-state index contributed by atoms with van der Waals surface area (Å²) in [4.78, 5) is 0. The number of fused-ring (bicyclic) bond motifs is 1. The van der Waals surface area contributed by atoms with Crippen LogP contribution in [0.4, 0.5) is 0 Å². The van der Waals surface area contributed by atoms with E-state index in [0.717, 1.165) is 31.1 Å². The topological polar surface area (TPSA) is 30.5 Å². The van der Waals surface area contributed by atoms with Crippen LogP contribution >= 0.6 is 0 Å². The van der Waals surface area contributed by atoms with Crippen molar-refractivity contribution in [3.05, 3.63) is 23.8 Å². The Bertz CT molecular complexity index is 338. The molecular weight excluding hydrogens is 190 g/mol. The van der Waals surface area contributed by atoms with E-state index in [9.17, 15) is 0 Å². The molecule has 1 aromatic rings. The van der Waals surface area contributed by atoms with Crippen molar-refractivity contribution in [2.75, 3.05) is 27.3 Å². The van der Waals surface area contributed by atoms with Crippen LogP contribution in [0.2, 0.25) is 0 Å². The summed E-state index contributed by atoms with van der Waals surface area (Å²) in [5.41, 5.74) is 1.23. The largest absolute Gasteiger partial charge is 0.496 e. The molecule has 1 N–H and O–H groups in total. The first-order valence-electron chi connectivity index (χ1n) is 5.31. The highest BCUT2D eigenvalue weighted by atomic mass is 16.5. The molecule has 1 aliphatic heterocycles. The third-order valence-electron chi connectivity index (χ3n) is 2.84. The molecule has 15 heavy (non-hydrogen) atoms. The van der Waals surface area contributed by atoms with Gasteiger partial charge in [-0.05, 0) is 32.1 Å². The number of hydrogen-bond acceptors (Lipinski definition) is 3. The minimum Gasteiger partial charge on any atom is -0.496 e. The summed E-state index contributed by atoms with van der Waals surface area (Å²) in [6, 6.07) is 5.98. The highest BCUT2D eigenvalue weighted by molar-refractivity contribution is 5.49. The molecule has 0 saturated heterocycles. The van der Waals surface area contributed by atoms with Gasteiger partial charge in [0.05, 0.1) is 13.7 Å². The molecule has 0 spiro atoms. The van der Waals surface area contributed by atoms with Gasteiger partial charge in [0, 0.05) is 11.5 Å². The van der Waals surface area contributed by atoms with E-state index in [1.807, 2.05) is 25.2 Å². The van der Waals surface area contributed by atoms with Crippen LogP contribution in [0.1, 0.15) is 17.9 Å². The van der Waals surface area contributed by atoms with Gasteiger partial charge < -0.3 is 14.8 Å². The number of ether oxygens (including phenoxy) is 2. The van der Waals surface area contributed by atoms with Crippen molar-refractivity contribution in [1.29, 1.82) is 0 Å². The predicted octanol–water partition coefficient (Wildman–Crippen LogP) is 1.78. The molecule has 0 radical (unpaired) electrons. The second-order valence-electron chi connectivity index (χ2n) is 3.77. The minimum absolute atomic E-state index is 0.462. The summed E-state index contributed by atoms with van der Waals surface area (Å²) < 4.78 is 11.0. The lowest BCUT2D eigenvalue weighted by Gasteiger charge is -2.11. The average Bonchev–Trinajstić information content (AvgIpc) is 2.69. The maximum Gasteiger partial charge on any atom is 0.126 e. The average molecular weight is 207 g/mol. The Kier molecular flexibility index (Phi) is 3.11. The zero-order valence-corrected chi connectivity index (χ0v) is 9.25. The number of hydrogen-bond donors (Lipinski definition) is 1. The van der Waals surface area contributed by atoms with Gasteiger partial charge in [-0.1, -0.05) is 6.07 Å². The summed E-state index contributed by atoms with van der Waals surface area (Å²) >= 11 is 0. The van der Waals surface area contributed by atoms with Crippen molar-refractivity contribution in [3.8, 4) is 11.5 Å². The molecule has 82 valence electrons. The molecule has 1 heterocycles. The van der Waals surface area contributed by atoms with E-state index in [1.165, 1.54) is 5.56 Å². The fourth-order valence-electron chi connectivity index (χ4n) is 2.05. The molecule has 1 unspecified atom stereocenters. The van der Waals surface area contributed by atoms with Gasteiger partial charge in [0.2, 0.25) is 0 Å². The monoisotopic (exact) mass is 207 g/mol.